The van der Waals surface area contributed by atoms with Crippen molar-refractivity contribution in [3.05, 3.63) is 27.3 Å². The second-order valence-corrected chi connectivity index (χ2v) is 5.86. The van der Waals surface area contributed by atoms with E-state index in [0.717, 1.165) is 12.2 Å². The predicted molar refractivity (Wildman–Crippen MR) is 74.9 cm³/mol. The molecule has 1 aliphatic heterocycles. The van der Waals surface area contributed by atoms with E-state index < -0.39 is 0 Å². The minimum atomic E-state index is 0.291. The first kappa shape index (κ1) is 12.2. The summed E-state index contributed by atoms with van der Waals surface area (Å²) in [6.45, 7) is 6.52. The van der Waals surface area contributed by atoms with Crippen molar-refractivity contribution in [1.82, 2.24) is 5.32 Å². The first-order valence-electron chi connectivity index (χ1n) is 5.79. The summed E-state index contributed by atoms with van der Waals surface area (Å²) in [5, 5.41) is 3.61. The van der Waals surface area contributed by atoms with Crippen LogP contribution in [-0.2, 0) is 0 Å². The minimum Gasteiger partial charge on any atom is -0.489 e. The molecule has 0 saturated heterocycles. The van der Waals surface area contributed by atoms with Crippen molar-refractivity contribution >= 4 is 22.6 Å². The molecule has 16 heavy (non-hydrogen) atoms. The SMILES string of the molecule is CC(C)NC1CC(C)Oc2c(I)cccc21. The van der Waals surface area contributed by atoms with Crippen molar-refractivity contribution in [1.29, 1.82) is 0 Å². The van der Waals surface area contributed by atoms with Gasteiger partial charge in [-0.05, 0) is 35.6 Å². The molecule has 0 amide bonds. The van der Waals surface area contributed by atoms with Crippen LogP contribution < -0.4 is 10.1 Å². The molecule has 2 atom stereocenters. The van der Waals surface area contributed by atoms with Gasteiger partial charge in [-0.1, -0.05) is 26.0 Å². The van der Waals surface area contributed by atoms with Crippen LogP contribution in [0.4, 0.5) is 0 Å². The third-order valence-corrected chi connectivity index (χ3v) is 3.64. The van der Waals surface area contributed by atoms with Crippen LogP contribution in [0.5, 0.6) is 5.75 Å². The van der Waals surface area contributed by atoms with Crippen molar-refractivity contribution in [2.24, 2.45) is 0 Å². The Morgan fingerprint density at radius 3 is 2.88 bits per heavy atom. The Balaban J connectivity index is 2.34. The van der Waals surface area contributed by atoms with Gasteiger partial charge in [-0.3, -0.25) is 0 Å². The van der Waals surface area contributed by atoms with Crippen LogP contribution in [0, 0.1) is 3.57 Å². The average Bonchev–Trinajstić information content (AvgIpc) is 2.18. The lowest BCUT2D eigenvalue weighted by molar-refractivity contribution is 0.162. The maximum atomic E-state index is 5.93. The summed E-state index contributed by atoms with van der Waals surface area (Å²) >= 11 is 2.34. The van der Waals surface area contributed by atoms with Gasteiger partial charge in [-0.15, -0.1) is 0 Å². The number of halogens is 1. The molecule has 2 unspecified atom stereocenters. The van der Waals surface area contributed by atoms with Gasteiger partial charge in [0.15, 0.2) is 0 Å². The molecule has 88 valence electrons. The fraction of sp³-hybridized carbons (Fsp3) is 0.538. The van der Waals surface area contributed by atoms with Gasteiger partial charge in [0.25, 0.3) is 0 Å². The van der Waals surface area contributed by atoms with Crippen LogP contribution in [0.2, 0.25) is 0 Å². The highest BCUT2D eigenvalue weighted by molar-refractivity contribution is 14.1. The summed E-state index contributed by atoms with van der Waals surface area (Å²) in [4.78, 5) is 0. The second kappa shape index (κ2) is 4.92. The molecule has 1 aromatic rings. The van der Waals surface area contributed by atoms with Gasteiger partial charge in [0.05, 0.1) is 9.67 Å². The third kappa shape index (κ3) is 2.51. The molecule has 0 radical (unpaired) electrons. The molecule has 0 spiro atoms. The molecule has 2 rings (SSSR count). The van der Waals surface area contributed by atoms with E-state index in [4.69, 9.17) is 4.74 Å². The zero-order valence-electron chi connectivity index (χ0n) is 9.96. The Labute approximate surface area is 111 Å². The Morgan fingerprint density at radius 2 is 2.19 bits per heavy atom. The molecule has 1 aliphatic rings. The van der Waals surface area contributed by atoms with Crippen LogP contribution in [0.15, 0.2) is 18.2 Å². The summed E-state index contributed by atoms with van der Waals surface area (Å²) < 4.78 is 7.13. The van der Waals surface area contributed by atoms with Crippen molar-refractivity contribution in [3.8, 4) is 5.75 Å². The zero-order valence-corrected chi connectivity index (χ0v) is 12.1. The molecule has 0 fully saturated rings. The molecule has 1 heterocycles. The van der Waals surface area contributed by atoms with E-state index >= 15 is 0 Å². The minimum absolute atomic E-state index is 0.291. The first-order chi connectivity index (χ1) is 7.58. The van der Waals surface area contributed by atoms with E-state index in [1.165, 1.54) is 9.13 Å². The zero-order chi connectivity index (χ0) is 11.7. The molecule has 0 saturated carbocycles. The number of rotatable bonds is 2. The monoisotopic (exact) mass is 331 g/mol. The molecule has 1 N–H and O–H groups in total. The Morgan fingerprint density at radius 1 is 1.44 bits per heavy atom. The molecule has 3 heteroatoms. The third-order valence-electron chi connectivity index (χ3n) is 2.79. The highest BCUT2D eigenvalue weighted by Gasteiger charge is 2.27. The highest BCUT2D eigenvalue weighted by Crippen LogP contribution is 2.37. The largest absolute Gasteiger partial charge is 0.489 e. The van der Waals surface area contributed by atoms with E-state index in [9.17, 15) is 0 Å². The van der Waals surface area contributed by atoms with Gasteiger partial charge >= 0.3 is 0 Å². The van der Waals surface area contributed by atoms with Gasteiger partial charge in [0.1, 0.15) is 5.75 Å². The topological polar surface area (TPSA) is 21.3 Å². The summed E-state index contributed by atoms with van der Waals surface area (Å²) in [7, 11) is 0. The molecule has 1 aromatic carbocycles. The van der Waals surface area contributed by atoms with Crippen LogP contribution >= 0.6 is 22.6 Å². The Hall–Kier alpha value is -0.290. The lowest BCUT2D eigenvalue weighted by Crippen LogP contribution is -2.35. The highest BCUT2D eigenvalue weighted by atomic mass is 127. The summed E-state index contributed by atoms with van der Waals surface area (Å²) in [6.07, 6.45) is 1.34. The molecular formula is C13H18INO. The number of hydrogen-bond donors (Lipinski definition) is 1. The number of benzene rings is 1. The summed E-state index contributed by atoms with van der Waals surface area (Å²) in [6, 6.07) is 7.30. The lowest BCUT2D eigenvalue weighted by Gasteiger charge is -2.32. The van der Waals surface area contributed by atoms with Crippen molar-refractivity contribution in [2.45, 2.75) is 45.4 Å². The number of hydrogen-bond acceptors (Lipinski definition) is 2. The Kier molecular flexibility index (Phi) is 3.74. The molecule has 2 nitrogen and oxygen atoms in total. The molecule has 0 aromatic heterocycles. The van der Waals surface area contributed by atoms with Gasteiger partial charge < -0.3 is 10.1 Å². The summed E-state index contributed by atoms with van der Waals surface area (Å²) in [5.41, 5.74) is 1.30. The van der Waals surface area contributed by atoms with E-state index in [1.807, 2.05) is 0 Å². The van der Waals surface area contributed by atoms with E-state index in [0.29, 0.717) is 18.2 Å². The quantitative estimate of drug-likeness (QED) is 0.838. The van der Waals surface area contributed by atoms with Crippen LogP contribution in [0.1, 0.15) is 38.8 Å². The second-order valence-electron chi connectivity index (χ2n) is 4.70. The lowest BCUT2D eigenvalue weighted by atomic mass is 9.96. The Bertz CT molecular complexity index is 378. The van der Waals surface area contributed by atoms with E-state index in [1.54, 1.807) is 0 Å². The maximum absolute atomic E-state index is 5.93. The number of para-hydroxylation sites is 1. The van der Waals surface area contributed by atoms with E-state index in [-0.39, 0.29) is 0 Å². The predicted octanol–water partition coefficient (Wildman–Crippen LogP) is 3.50. The fourth-order valence-corrected chi connectivity index (χ4v) is 2.84. The standard InChI is InChI=1S/C13H18INO/c1-8(2)15-12-7-9(3)16-13-10(12)5-4-6-11(13)14/h4-6,8-9,12,15H,7H2,1-3H3. The normalized spacial score (nSPS) is 24.1. The van der Waals surface area contributed by atoms with Crippen molar-refractivity contribution in [2.75, 3.05) is 0 Å². The van der Waals surface area contributed by atoms with Gasteiger partial charge in [0, 0.05) is 24.1 Å². The van der Waals surface area contributed by atoms with Gasteiger partial charge in [0.2, 0.25) is 0 Å². The summed E-state index contributed by atoms with van der Waals surface area (Å²) in [5.74, 6) is 1.07. The van der Waals surface area contributed by atoms with Gasteiger partial charge in [-0.2, -0.15) is 0 Å². The fourth-order valence-electron chi connectivity index (χ4n) is 2.19. The number of fused-ring (bicyclic) bond motifs is 1. The van der Waals surface area contributed by atoms with Crippen LogP contribution in [-0.4, -0.2) is 12.1 Å². The van der Waals surface area contributed by atoms with Crippen LogP contribution in [0.25, 0.3) is 0 Å². The first-order valence-corrected chi connectivity index (χ1v) is 6.87. The molecule has 0 bridgehead atoms. The van der Waals surface area contributed by atoms with Gasteiger partial charge in [-0.25, -0.2) is 0 Å². The molecule has 0 aliphatic carbocycles. The molecular weight excluding hydrogens is 313 g/mol. The van der Waals surface area contributed by atoms with E-state index in [2.05, 4.69) is 66.9 Å². The van der Waals surface area contributed by atoms with Crippen molar-refractivity contribution < 1.29 is 4.74 Å². The van der Waals surface area contributed by atoms with Crippen LogP contribution in [0.3, 0.4) is 0 Å². The maximum Gasteiger partial charge on any atom is 0.137 e. The van der Waals surface area contributed by atoms with Crippen molar-refractivity contribution in [3.63, 3.8) is 0 Å². The average molecular weight is 331 g/mol. The smallest absolute Gasteiger partial charge is 0.137 e. The number of nitrogens with one attached hydrogen (secondary N) is 1. The number of ether oxygens (including phenoxy) is 1.